The zero-order chi connectivity index (χ0) is 30.9. The molecule has 0 spiro atoms. The van der Waals surface area contributed by atoms with Gasteiger partial charge in [-0.2, -0.15) is 18.2 Å². The summed E-state index contributed by atoms with van der Waals surface area (Å²) in [6.45, 7) is 1.63. The third-order valence-corrected chi connectivity index (χ3v) is 7.54. The summed E-state index contributed by atoms with van der Waals surface area (Å²) >= 11 is 9.15. The number of aryl methyl sites for hydroxylation is 1. The molecule has 5 rings (SSSR count). The Balaban J connectivity index is 1.41. The molecule has 1 atom stereocenters. The van der Waals surface area contributed by atoms with Crippen molar-refractivity contribution in [2.75, 3.05) is 0 Å². The Morgan fingerprint density at radius 3 is 2.21 bits per heavy atom. The lowest BCUT2D eigenvalue weighted by molar-refractivity contribution is -0.137. The molecule has 2 N–H and O–H groups in total. The summed E-state index contributed by atoms with van der Waals surface area (Å²) in [5.74, 6) is -1.05. The number of benzene rings is 4. The zero-order valence-corrected chi connectivity index (χ0v) is 24.6. The molecule has 12 heteroatoms. The van der Waals surface area contributed by atoms with Crippen LogP contribution in [0.4, 0.5) is 17.6 Å². The lowest BCUT2D eigenvalue weighted by Crippen LogP contribution is -2.30. The number of carbonyl (C=O) groups is 1. The van der Waals surface area contributed by atoms with Crippen molar-refractivity contribution in [3.8, 4) is 28.0 Å². The largest absolute Gasteiger partial charge is 0.506 e. The van der Waals surface area contributed by atoms with Gasteiger partial charge >= 0.3 is 6.18 Å². The molecule has 1 amide bonds. The fourth-order valence-electron chi connectivity index (χ4n) is 4.43. The summed E-state index contributed by atoms with van der Waals surface area (Å²) in [6, 6.07) is 18.3. The average molecular weight is 675 g/mol. The number of amides is 1. The normalized spacial score (nSPS) is 12.3. The molecule has 0 aliphatic heterocycles. The van der Waals surface area contributed by atoms with Crippen molar-refractivity contribution < 1.29 is 32.0 Å². The second-order valence-corrected chi connectivity index (χ2v) is 10.9. The van der Waals surface area contributed by atoms with E-state index >= 15 is 0 Å². The summed E-state index contributed by atoms with van der Waals surface area (Å²) in [4.78, 5) is 17.8. The minimum Gasteiger partial charge on any atom is -0.506 e. The fourth-order valence-corrected chi connectivity index (χ4v) is 5.07. The maximum atomic E-state index is 13.6. The van der Waals surface area contributed by atoms with Crippen LogP contribution in [0.2, 0.25) is 5.02 Å². The standard InChI is InChI=1S/C31H21BrClF4N3O3/c1-16-38-30(43-40-16)27(12-17-2-4-18(5-3-17)20-8-11-26(34)25(33)15-20)39-29(42)23-13-21(14-24(32)28(23)41)19-6-9-22(10-7-19)31(35,36)37/h2-11,13-15,27,41H,12H2,1H3,(H,39,42). The van der Waals surface area contributed by atoms with E-state index in [2.05, 4.69) is 31.4 Å². The van der Waals surface area contributed by atoms with E-state index in [-0.39, 0.29) is 33.1 Å². The number of rotatable bonds is 7. The monoisotopic (exact) mass is 673 g/mol. The minimum atomic E-state index is -4.49. The van der Waals surface area contributed by atoms with Crippen LogP contribution in [0.5, 0.6) is 5.75 Å². The van der Waals surface area contributed by atoms with Crippen LogP contribution in [0.25, 0.3) is 22.3 Å². The van der Waals surface area contributed by atoms with Gasteiger partial charge in [-0.05, 0) is 87.1 Å². The Hall–Kier alpha value is -4.22. The number of nitrogens with one attached hydrogen (secondary N) is 1. The van der Waals surface area contributed by atoms with Crippen LogP contribution in [-0.4, -0.2) is 21.2 Å². The van der Waals surface area contributed by atoms with Crippen molar-refractivity contribution in [1.82, 2.24) is 15.5 Å². The van der Waals surface area contributed by atoms with Crippen molar-refractivity contribution in [2.45, 2.75) is 25.6 Å². The van der Waals surface area contributed by atoms with Crippen LogP contribution < -0.4 is 5.32 Å². The van der Waals surface area contributed by atoms with E-state index in [9.17, 15) is 27.5 Å². The summed E-state index contributed by atoms with van der Waals surface area (Å²) < 4.78 is 58.2. The lowest BCUT2D eigenvalue weighted by Gasteiger charge is -2.17. The van der Waals surface area contributed by atoms with E-state index in [0.717, 1.165) is 28.8 Å². The Morgan fingerprint density at radius 1 is 0.977 bits per heavy atom. The second kappa shape index (κ2) is 12.2. The smallest absolute Gasteiger partial charge is 0.416 e. The number of hydrogen-bond acceptors (Lipinski definition) is 5. The van der Waals surface area contributed by atoms with Gasteiger partial charge in [0.2, 0.25) is 5.89 Å². The first kappa shape index (κ1) is 30.2. The highest BCUT2D eigenvalue weighted by atomic mass is 79.9. The number of aromatic hydroxyl groups is 1. The Bertz CT molecular complexity index is 1790. The van der Waals surface area contributed by atoms with Crippen molar-refractivity contribution in [1.29, 1.82) is 0 Å². The van der Waals surface area contributed by atoms with Crippen LogP contribution in [0.15, 0.2) is 87.9 Å². The van der Waals surface area contributed by atoms with Gasteiger partial charge in [0, 0.05) is 6.42 Å². The minimum absolute atomic E-state index is 0.00778. The molecule has 1 aromatic heterocycles. The van der Waals surface area contributed by atoms with Crippen LogP contribution >= 0.6 is 27.5 Å². The summed E-state index contributed by atoms with van der Waals surface area (Å²) in [6.07, 6.45) is -4.26. The van der Waals surface area contributed by atoms with Crippen LogP contribution in [0, 0.1) is 12.7 Å². The van der Waals surface area contributed by atoms with Crippen molar-refractivity contribution in [3.63, 3.8) is 0 Å². The summed E-state index contributed by atoms with van der Waals surface area (Å²) in [5.41, 5.74) is 2.22. The van der Waals surface area contributed by atoms with Crippen LogP contribution in [0.1, 0.15) is 39.2 Å². The highest BCUT2D eigenvalue weighted by Gasteiger charge is 2.30. The lowest BCUT2D eigenvalue weighted by atomic mass is 9.99. The molecular weight excluding hydrogens is 654 g/mol. The number of hydrogen-bond donors (Lipinski definition) is 2. The molecule has 0 radical (unpaired) electrons. The molecule has 0 aliphatic carbocycles. The first-order valence-electron chi connectivity index (χ1n) is 12.7. The molecule has 0 fully saturated rings. The zero-order valence-electron chi connectivity index (χ0n) is 22.2. The van der Waals surface area contributed by atoms with Gasteiger partial charge < -0.3 is 14.9 Å². The Kier molecular flexibility index (Phi) is 8.57. The van der Waals surface area contributed by atoms with E-state index in [1.54, 1.807) is 13.0 Å². The van der Waals surface area contributed by atoms with Gasteiger partial charge in [-0.1, -0.05) is 59.2 Å². The first-order chi connectivity index (χ1) is 20.4. The highest BCUT2D eigenvalue weighted by Crippen LogP contribution is 2.36. The molecule has 6 nitrogen and oxygen atoms in total. The van der Waals surface area contributed by atoms with E-state index in [0.29, 0.717) is 17.0 Å². The maximum absolute atomic E-state index is 13.6. The molecule has 1 heterocycles. The molecule has 220 valence electrons. The van der Waals surface area contributed by atoms with Gasteiger partial charge in [0.05, 0.1) is 20.6 Å². The van der Waals surface area contributed by atoms with Gasteiger partial charge in [-0.15, -0.1) is 0 Å². The van der Waals surface area contributed by atoms with E-state index < -0.39 is 29.5 Å². The van der Waals surface area contributed by atoms with Gasteiger partial charge in [0.15, 0.2) is 5.82 Å². The molecule has 0 aliphatic rings. The van der Waals surface area contributed by atoms with Crippen LogP contribution in [0.3, 0.4) is 0 Å². The van der Waals surface area contributed by atoms with Gasteiger partial charge in [-0.3, -0.25) is 4.79 Å². The predicted molar refractivity (Wildman–Crippen MR) is 156 cm³/mol. The summed E-state index contributed by atoms with van der Waals surface area (Å²) in [5, 5.41) is 17.4. The van der Waals surface area contributed by atoms with Gasteiger partial charge in [-0.25, -0.2) is 4.39 Å². The maximum Gasteiger partial charge on any atom is 0.416 e. The predicted octanol–water partition coefficient (Wildman–Crippen LogP) is 8.71. The molecule has 5 aromatic rings. The number of halogens is 6. The Morgan fingerprint density at radius 2 is 1.60 bits per heavy atom. The second-order valence-electron chi connectivity index (χ2n) is 9.67. The van der Waals surface area contributed by atoms with Gasteiger partial charge in [0.1, 0.15) is 17.6 Å². The number of alkyl halides is 3. The molecule has 1 unspecified atom stereocenters. The van der Waals surface area contributed by atoms with Gasteiger partial charge in [0.25, 0.3) is 5.91 Å². The van der Waals surface area contributed by atoms with Crippen molar-refractivity contribution in [2.24, 2.45) is 0 Å². The average Bonchev–Trinajstić information content (AvgIpc) is 3.41. The van der Waals surface area contributed by atoms with E-state index in [4.69, 9.17) is 16.1 Å². The number of phenols is 1. The SMILES string of the molecule is Cc1noc(C(Cc2ccc(-c3ccc(F)c(Cl)c3)cc2)NC(=O)c2cc(-c3ccc(C(F)(F)F)cc3)cc(Br)c2O)n1. The topological polar surface area (TPSA) is 88.2 Å². The third kappa shape index (κ3) is 6.89. The highest BCUT2D eigenvalue weighted by molar-refractivity contribution is 9.10. The van der Waals surface area contributed by atoms with Crippen LogP contribution in [-0.2, 0) is 12.6 Å². The molecule has 0 saturated heterocycles. The van der Waals surface area contributed by atoms with Crippen molar-refractivity contribution in [3.05, 3.63) is 123 Å². The number of phenolic OH excluding ortho intramolecular Hbond substituents is 1. The molecular formula is C31H21BrClF4N3O3. The van der Waals surface area contributed by atoms with E-state index in [1.165, 1.54) is 36.4 Å². The van der Waals surface area contributed by atoms with E-state index in [1.807, 2.05) is 24.3 Å². The number of carbonyl (C=O) groups excluding carboxylic acids is 1. The molecule has 43 heavy (non-hydrogen) atoms. The first-order valence-corrected chi connectivity index (χ1v) is 13.9. The molecule has 4 aromatic carbocycles. The quantitative estimate of drug-likeness (QED) is 0.169. The molecule has 0 bridgehead atoms. The number of aromatic nitrogens is 2. The van der Waals surface area contributed by atoms with Crippen molar-refractivity contribution >= 4 is 33.4 Å². The Labute approximate surface area is 256 Å². The summed E-state index contributed by atoms with van der Waals surface area (Å²) in [7, 11) is 0. The molecule has 0 saturated carbocycles. The number of nitrogens with zero attached hydrogens (tertiary/aromatic N) is 2. The fraction of sp³-hybridized carbons (Fsp3) is 0.129. The third-order valence-electron chi connectivity index (χ3n) is 6.65.